The average Bonchev–Trinajstić information content (AvgIpc) is 3.47. The lowest BCUT2D eigenvalue weighted by Crippen LogP contribution is -2.56. The van der Waals surface area contributed by atoms with Crippen LogP contribution in [0.5, 0.6) is 0 Å². The van der Waals surface area contributed by atoms with Crippen molar-refractivity contribution in [3.63, 3.8) is 0 Å². The van der Waals surface area contributed by atoms with E-state index in [1.54, 1.807) is 21.1 Å². The molecule has 10 heteroatoms. The minimum atomic E-state index is -4.44. The van der Waals surface area contributed by atoms with Gasteiger partial charge in [-0.25, -0.2) is 4.79 Å². The smallest absolute Gasteiger partial charge is 0.334 e. The summed E-state index contributed by atoms with van der Waals surface area (Å²) in [5.41, 5.74) is 2.40. The molecule has 1 saturated heterocycles. The van der Waals surface area contributed by atoms with E-state index < -0.39 is 17.8 Å². The highest BCUT2D eigenvalue weighted by Gasteiger charge is 2.33. The second-order valence-electron chi connectivity index (χ2n) is 9.58. The van der Waals surface area contributed by atoms with Crippen molar-refractivity contribution < 1.29 is 22.8 Å². The molecule has 4 aromatic rings. The molecule has 0 radical (unpaired) electrons. The first-order chi connectivity index (χ1) is 18.1. The standard InChI is InChI=1S/C28H27F3N4O2S/c1-18-3-5-20(6-4-18)17-35-24(15-21-11-14-38-26(21)35)25(36)33-12-13-34(19(2)16-33)27(37)32-23-9-7-22(8-10-23)28(29,30)31/h3-11,14-15,19H,12-13,16-17H2,1-2H3,(H,32,37). The molecule has 0 saturated carbocycles. The second-order valence-corrected chi connectivity index (χ2v) is 10.5. The topological polar surface area (TPSA) is 57.6 Å². The Morgan fingerprint density at radius 3 is 2.39 bits per heavy atom. The maximum atomic E-state index is 13.7. The molecule has 2 aromatic carbocycles. The van der Waals surface area contributed by atoms with Gasteiger partial charge in [0, 0.05) is 43.3 Å². The Hall–Kier alpha value is -3.79. The molecule has 198 valence electrons. The number of rotatable bonds is 4. The molecule has 2 aromatic heterocycles. The van der Waals surface area contributed by atoms with E-state index in [4.69, 9.17) is 0 Å². The molecule has 6 nitrogen and oxygen atoms in total. The number of nitrogens with zero attached hydrogens (tertiary/aromatic N) is 3. The lowest BCUT2D eigenvalue weighted by Gasteiger charge is -2.39. The Morgan fingerprint density at radius 2 is 1.74 bits per heavy atom. The van der Waals surface area contributed by atoms with Crippen LogP contribution in [0.25, 0.3) is 10.2 Å². The molecule has 1 aliphatic heterocycles. The number of piperazine rings is 1. The Balaban J connectivity index is 1.27. The number of nitrogens with one attached hydrogen (secondary N) is 1. The van der Waals surface area contributed by atoms with Gasteiger partial charge in [0.1, 0.15) is 10.5 Å². The SMILES string of the molecule is Cc1ccc(Cn2c(C(=O)N3CCN(C(=O)Nc4ccc(C(F)(F)F)cc4)C(C)C3)cc3ccsc32)cc1. The number of aryl methyl sites for hydroxylation is 1. The van der Waals surface area contributed by atoms with Crippen molar-refractivity contribution in [2.24, 2.45) is 0 Å². The molecular weight excluding hydrogens is 513 g/mol. The number of amides is 3. The number of anilines is 1. The monoisotopic (exact) mass is 540 g/mol. The Kier molecular flexibility index (Phi) is 6.92. The summed E-state index contributed by atoms with van der Waals surface area (Å²) in [6.45, 7) is 5.49. The molecule has 1 atom stereocenters. The van der Waals surface area contributed by atoms with Gasteiger partial charge >= 0.3 is 12.2 Å². The van der Waals surface area contributed by atoms with E-state index in [0.717, 1.165) is 27.9 Å². The molecule has 0 bridgehead atoms. The van der Waals surface area contributed by atoms with Gasteiger partial charge in [-0.3, -0.25) is 4.79 Å². The predicted octanol–water partition coefficient (Wildman–Crippen LogP) is 6.46. The van der Waals surface area contributed by atoms with Crippen LogP contribution in [0.4, 0.5) is 23.7 Å². The molecule has 3 amide bonds. The first-order valence-corrected chi connectivity index (χ1v) is 13.1. The minimum Gasteiger partial charge on any atom is -0.334 e. The number of hydrogen-bond donors (Lipinski definition) is 1. The van der Waals surface area contributed by atoms with E-state index in [0.29, 0.717) is 31.9 Å². The number of benzene rings is 2. The predicted molar refractivity (Wildman–Crippen MR) is 143 cm³/mol. The molecule has 3 heterocycles. The maximum absolute atomic E-state index is 13.7. The number of hydrogen-bond acceptors (Lipinski definition) is 3. The van der Waals surface area contributed by atoms with Gasteiger partial charge in [-0.15, -0.1) is 11.3 Å². The summed E-state index contributed by atoms with van der Waals surface area (Å²) in [7, 11) is 0. The summed E-state index contributed by atoms with van der Waals surface area (Å²) in [5.74, 6) is -0.0878. The third kappa shape index (κ3) is 5.26. The van der Waals surface area contributed by atoms with Crippen molar-refractivity contribution in [1.29, 1.82) is 0 Å². The number of carbonyl (C=O) groups is 2. The van der Waals surface area contributed by atoms with Crippen LogP contribution in [-0.2, 0) is 12.7 Å². The summed E-state index contributed by atoms with van der Waals surface area (Å²) in [4.78, 5) is 30.9. The molecule has 38 heavy (non-hydrogen) atoms. The third-order valence-electron chi connectivity index (χ3n) is 6.82. The van der Waals surface area contributed by atoms with Gasteiger partial charge in [0.25, 0.3) is 5.91 Å². The summed E-state index contributed by atoms with van der Waals surface area (Å²) in [6.07, 6.45) is -4.44. The van der Waals surface area contributed by atoms with Crippen molar-refractivity contribution in [3.8, 4) is 0 Å². The van der Waals surface area contributed by atoms with E-state index in [2.05, 4.69) is 34.1 Å². The molecule has 1 unspecified atom stereocenters. The summed E-state index contributed by atoms with van der Waals surface area (Å²) in [5, 5.41) is 5.70. The Bertz CT molecular complexity index is 1460. The van der Waals surface area contributed by atoms with Crippen molar-refractivity contribution in [3.05, 3.63) is 88.4 Å². The zero-order chi connectivity index (χ0) is 27.0. The van der Waals surface area contributed by atoms with E-state index >= 15 is 0 Å². The minimum absolute atomic E-state index is 0.0878. The molecule has 5 rings (SSSR count). The van der Waals surface area contributed by atoms with Crippen molar-refractivity contribution in [2.75, 3.05) is 25.0 Å². The fourth-order valence-electron chi connectivity index (χ4n) is 4.73. The largest absolute Gasteiger partial charge is 0.416 e. The zero-order valence-corrected chi connectivity index (χ0v) is 21.8. The molecule has 1 aliphatic rings. The fourth-order valence-corrected chi connectivity index (χ4v) is 5.63. The van der Waals surface area contributed by atoms with Crippen LogP contribution in [0.2, 0.25) is 0 Å². The lowest BCUT2D eigenvalue weighted by atomic mass is 10.1. The quantitative estimate of drug-likeness (QED) is 0.323. The van der Waals surface area contributed by atoms with Crippen LogP contribution >= 0.6 is 11.3 Å². The highest BCUT2D eigenvalue weighted by Crippen LogP contribution is 2.30. The number of carbonyl (C=O) groups excluding carboxylic acids is 2. The van der Waals surface area contributed by atoms with Crippen molar-refractivity contribution >= 4 is 39.2 Å². The number of alkyl halides is 3. The van der Waals surface area contributed by atoms with Gasteiger partial charge in [-0.05, 0) is 61.2 Å². The number of thiophene rings is 1. The van der Waals surface area contributed by atoms with Crippen LogP contribution in [0.15, 0.2) is 66.0 Å². The normalized spacial score (nSPS) is 16.2. The molecule has 1 fully saturated rings. The van der Waals surface area contributed by atoms with Gasteiger partial charge in [-0.1, -0.05) is 29.8 Å². The molecular formula is C28H27F3N4O2S. The number of urea groups is 1. The van der Waals surface area contributed by atoms with E-state index in [-0.39, 0.29) is 17.6 Å². The van der Waals surface area contributed by atoms with E-state index in [1.165, 1.54) is 17.7 Å². The van der Waals surface area contributed by atoms with Gasteiger partial charge in [0.15, 0.2) is 0 Å². The second kappa shape index (κ2) is 10.2. The summed E-state index contributed by atoms with van der Waals surface area (Å²) >= 11 is 1.60. The average molecular weight is 541 g/mol. The van der Waals surface area contributed by atoms with Crippen LogP contribution in [-0.4, -0.2) is 52.0 Å². The van der Waals surface area contributed by atoms with Crippen LogP contribution in [0, 0.1) is 6.92 Å². The Morgan fingerprint density at radius 1 is 1.03 bits per heavy atom. The third-order valence-corrected chi connectivity index (χ3v) is 7.77. The lowest BCUT2D eigenvalue weighted by molar-refractivity contribution is -0.137. The van der Waals surface area contributed by atoms with Gasteiger partial charge < -0.3 is 19.7 Å². The highest BCUT2D eigenvalue weighted by atomic mass is 32.1. The number of aromatic nitrogens is 1. The van der Waals surface area contributed by atoms with Crippen molar-refractivity contribution in [2.45, 2.75) is 32.6 Å². The first-order valence-electron chi connectivity index (χ1n) is 12.3. The zero-order valence-electron chi connectivity index (χ0n) is 21.0. The van der Waals surface area contributed by atoms with Crippen LogP contribution in [0.1, 0.15) is 34.1 Å². The highest BCUT2D eigenvalue weighted by molar-refractivity contribution is 7.16. The van der Waals surface area contributed by atoms with Crippen molar-refractivity contribution in [1.82, 2.24) is 14.4 Å². The van der Waals surface area contributed by atoms with Gasteiger partial charge in [-0.2, -0.15) is 13.2 Å². The molecule has 0 spiro atoms. The van der Waals surface area contributed by atoms with Crippen LogP contribution in [0.3, 0.4) is 0 Å². The Labute approximate surface area is 222 Å². The van der Waals surface area contributed by atoms with E-state index in [1.807, 2.05) is 31.4 Å². The van der Waals surface area contributed by atoms with Gasteiger partial charge in [0.2, 0.25) is 0 Å². The first kappa shape index (κ1) is 25.8. The van der Waals surface area contributed by atoms with E-state index in [9.17, 15) is 22.8 Å². The van der Waals surface area contributed by atoms with Gasteiger partial charge in [0.05, 0.1) is 5.56 Å². The molecule has 1 N–H and O–H groups in total. The maximum Gasteiger partial charge on any atom is 0.416 e. The number of fused-ring (bicyclic) bond motifs is 1. The fraction of sp³-hybridized carbons (Fsp3) is 0.286. The molecule has 0 aliphatic carbocycles. The summed E-state index contributed by atoms with van der Waals surface area (Å²) < 4.78 is 40.5. The summed E-state index contributed by atoms with van der Waals surface area (Å²) in [6, 6.07) is 15.8. The number of halogens is 3. The van der Waals surface area contributed by atoms with Crippen LogP contribution < -0.4 is 5.32 Å².